The van der Waals surface area contributed by atoms with Gasteiger partial charge in [0.15, 0.2) is 0 Å². The number of halogens is 2. The van der Waals surface area contributed by atoms with Crippen molar-refractivity contribution in [1.29, 1.82) is 0 Å². The molecule has 7 nitrogen and oxygen atoms in total. The van der Waals surface area contributed by atoms with Crippen LogP contribution in [-0.4, -0.2) is 27.9 Å². The number of imidazole rings is 1. The Morgan fingerprint density at radius 2 is 1.92 bits per heavy atom. The molecule has 2 aromatic heterocycles. The Labute approximate surface area is 136 Å². The average molecular weight is 351 g/mol. The second kappa shape index (κ2) is 5.96. The summed E-state index contributed by atoms with van der Waals surface area (Å²) < 4.78 is 55.1. The Kier molecular flexibility index (Phi) is 3.97. The van der Waals surface area contributed by atoms with Gasteiger partial charge in [-0.2, -0.15) is 0 Å². The molecule has 2 heterocycles. The highest BCUT2D eigenvalue weighted by atomic mass is 32.2. The molecule has 3 aromatic rings. The summed E-state index contributed by atoms with van der Waals surface area (Å²) in [4.78, 5) is 11.0. The third-order valence-corrected chi connectivity index (χ3v) is 4.52. The van der Waals surface area contributed by atoms with Gasteiger partial charge in [-0.25, -0.2) is 32.2 Å². The van der Waals surface area contributed by atoms with E-state index in [-0.39, 0.29) is 5.82 Å². The van der Waals surface area contributed by atoms with Gasteiger partial charge in [-0.3, -0.25) is 9.29 Å². The van der Waals surface area contributed by atoms with Crippen LogP contribution in [0.25, 0.3) is 5.82 Å². The number of anilines is 1. The van der Waals surface area contributed by atoms with Gasteiger partial charge in [0.25, 0.3) is 10.0 Å². The van der Waals surface area contributed by atoms with Gasteiger partial charge in [-0.05, 0) is 25.1 Å². The zero-order chi connectivity index (χ0) is 17.3. The molecule has 0 atom stereocenters. The van der Waals surface area contributed by atoms with Crippen LogP contribution in [0.5, 0.6) is 0 Å². The molecule has 24 heavy (non-hydrogen) atoms. The molecule has 0 saturated heterocycles. The maximum atomic E-state index is 13.7. The van der Waals surface area contributed by atoms with Crippen LogP contribution in [0, 0.1) is 18.6 Å². The fourth-order valence-electron chi connectivity index (χ4n) is 2.03. The maximum absolute atomic E-state index is 13.7. The number of rotatable bonds is 4. The number of hydrogen-bond acceptors (Lipinski definition) is 5. The van der Waals surface area contributed by atoms with Gasteiger partial charge in [0.1, 0.15) is 40.3 Å². The van der Waals surface area contributed by atoms with Gasteiger partial charge in [-0.1, -0.05) is 0 Å². The largest absolute Gasteiger partial charge is 0.288 e. The normalized spacial score (nSPS) is 11.5. The Morgan fingerprint density at radius 3 is 2.62 bits per heavy atom. The molecular formula is C14H11F2N5O2S. The summed E-state index contributed by atoms with van der Waals surface area (Å²) in [6, 6.07) is 3.52. The van der Waals surface area contributed by atoms with Crippen molar-refractivity contribution < 1.29 is 17.2 Å². The van der Waals surface area contributed by atoms with Crippen LogP contribution in [0.3, 0.4) is 0 Å². The SMILES string of the molecule is Cc1nccn1-c1cc(NS(=O)(=O)c2cc(F)ccc2F)ncn1. The third-order valence-electron chi connectivity index (χ3n) is 3.15. The summed E-state index contributed by atoms with van der Waals surface area (Å²) in [5, 5.41) is 0. The molecule has 10 heteroatoms. The zero-order valence-electron chi connectivity index (χ0n) is 12.3. The lowest BCUT2D eigenvalue weighted by atomic mass is 10.3. The molecule has 124 valence electrons. The first-order valence-corrected chi connectivity index (χ1v) is 8.15. The van der Waals surface area contributed by atoms with E-state index in [1.54, 1.807) is 23.9 Å². The minimum absolute atomic E-state index is 0.0863. The van der Waals surface area contributed by atoms with E-state index in [9.17, 15) is 17.2 Å². The smallest absolute Gasteiger partial charge is 0.266 e. The number of nitrogens with one attached hydrogen (secondary N) is 1. The molecule has 0 fully saturated rings. The molecule has 0 amide bonds. The van der Waals surface area contributed by atoms with E-state index in [1.807, 2.05) is 0 Å². The summed E-state index contributed by atoms with van der Waals surface area (Å²) >= 11 is 0. The van der Waals surface area contributed by atoms with Gasteiger partial charge in [-0.15, -0.1) is 0 Å². The van der Waals surface area contributed by atoms with Gasteiger partial charge in [0, 0.05) is 18.5 Å². The van der Waals surface area contributed by atoms with Crippen LogP contribution >= 0.6 is 0 Å². The number of nitrogens with zero attached hydrogens (tertiary/aromatic N) is 4. The van der Waals surface area contributed by atoms with Crippen LogP contribution in [-0.2, 0) is 10.0 Å². The Bertz CT molecular complexity index is 1000. The number of hydrogen-bond donors (Lipinski definition) is 1. The molecule has 3 rings (SSSR count). The van der Waals surface area contributed by atoms with Crippen LogP contribution in [0.15, 0.2) is 47.9 Å². The molecular weight excluding hydrogens is 340 g/mol. The fraction of sp³-hybridized carbons (Fsp3) is 0.0714. The van der Waals surface area contributed by atoms with Crippen LogP contribution in [0.1, 0.15) is 5.82 Å². The van der Waals surface area contributed by atoms with Crippen molar-refractivity contribution in [3.05, 3.63) is 60.4 Å². The van der Waals surface area contributed by atoms with Crippen molar-refractivity contribution in [1.82, 2.24) is 19.5 Å². The monoisotopic (exact) mass is 351 g/mol. The van der Waals surface area contributed by atoms with E-state index in [1.165, 1.54) is 6.07 Å². The van der Waals surface area contributed by atoms with Crippen molar-refractivity contribution in [2.75, 3.05) is 4.72 Å². The molecule has 0 saturated carbocycles. The predicted octanol–water partition coefficient (Wildman–Crippen LogP) is 2.05. The first kappa shape index (κ1) is 16.0. The molecule has 0 radical (unpaired) electrons. The van der Waals surface area contributed by atoms with E-state index in [2.05, 4.69) is 19.7 Å². The van der Waals surface area contributed by atoms with Crippen molar-refractivity contribution in [3.63, 3.8) is 0 Å². The van der Waals surface area contributed by atoms with Gasteiger partial charge < -0.3 is 0 Å². The zero-order valence-corrected chi connectivity index (χ0v) is 13.1. The average Bonchev–Trinajstić information content (AvgIpc) is 2.95. The maximum Gasteiger partial charge on any atom is 0.266 e. The first-order chi connectivity index (χ1) is 11.4. The minimum atomic E-state index is -4.34. The quantitative estimate of drug-likeness (QED) is 0.777. The summed E-state index contributed by atoms with van der Waals surface area (Å²) in [6.45, 7) is 1.74. The second-order valence-electron chi connectivity index (χ2n) is 4.79. The van der Waals surface area contributed by atoms with Crippen LogP contribution in [0.4, 0.5) is 14.6 Å². The van der Waals surface area contributed by atoms with Gasteiger partial charge in [0.2, 0.25) is 0 Å². The van der Waals surface area contributed by atoms with E-state index < -0.39 is 26.6 Å². The number of sulfonamides is 1. The third kappa shape index (κ3) is 3.08. The van der Waals surface area contributed by atoms with Gasteiger partial charge >= 0.3 is 0 Å². The Morgan fingerprint density at radius 1 is 1.12 bits per heavy atom. The van der Waals surface area contributed by atoms with E-state index in [4.69, 9.17) is 0 Å². The number of aryl methyl sites for hydroxylation is 1. The lowest BCUT2D eigenvalue weighted by Crippen LogP contribution is -2.16. The summed E-state index contributed by atoms with van der Waals surface area (Å²) in [5.74, 6) is -1.01. The highest BCUT2D eigenvalue weighted by molar-refractivity contribution is 7.92. The molecule has 0 unspecified atom stereocenters. The predicted molar refractivity (Wildman–Crippen MR) is 81.1 cm³/mol. The Hall–Kier alpha value is -2.88. The van der Waals surface area contributed by atoms with E-state index in [0.29, 0.717) is 17.7 Å². The topological polar surface area (TPSA) is 89.8 Å². The summed E-state index contributed by atoms with van der Waals surface area (Å²) in [6.07, 6.45) is 4.35. The molecule has 0 aliphatic rings. The van der Waals surface area contributed by atoms with Gasteiger partial charge in [0.05, 0.1) is 0 Å². The van der Waals surface area contributed by atoms with Crippen molar-refractivity contribution in [2.24, 2.45) is 0 Å². The van der Waals surface area contributed by atoms with Crippen molar-refractivity contribution >= 4 is 15.8 Å². The standard InChI is InChI=1S/C14H11F2N5O2S/c1-9-17-4-5-21(9)14-7-13(18-8-19-14)20-24(22,23)12-6-10(15)2-3-11(12)16/h2-8H,1H3,(H,18,19,20). The summed E-state index contributed by atoms with van der Waals surface area (Å²) in [5.41, 5.74) is 0. The van der Waals surface area contributed by atoms with Crippen LogP contribution < -0.4 is 4.72 Å². The lowest BCUT2D eigenvalue weighted by molar-refractivity contribution is 0.555. The van der Waals surface area contributed by atoms with Crippen molar-refractivity contribution in [3.8, 4) is 5.82 Å². The second-order valence-corrected chi connectivity index (χ2v) is 6.44. The Balaban J connectivity index is 1.96. The molecule has 0 aliphatic heterocycles. The summed E-state index contributed by atoms with van der Waals surface area (Å²) in [7, 11) is -4.34. The number of aromatic nitrogens is 4. The first-order valence-electron chi connectivity index (χ1n) is 6.67. The van der Waals surface area contributed by atoms with E-state index >= 15 is 0 Å². The number of benzene rings is 1. The molecule has 1 aromatic carbocycles. The lowest BCUT2D eigenvalue weighted by Gasteiger charge is -2.10. The highest BCUT2D eigenvalue weighted by Crippen LogP contribution is 2.19. The molecule has 1 N–H and O–H groups in total. The molecule has 0 spiro atoms. The van der Waals surface area contributed by atoms with Crippen LogP contribution in [0.2, 0.25) is 0 Å². The van der Waals surface area contributed by atoms with E-state index in [0.717, 1.165) is 18.5 Å². The molecule has 0 bridgehead atoms. The molecule has 0 aliphatic carbocycles. The fourth-order valence-corrected chi connectivity index (χ4v) is 3.12. The van der Waals surface area contributed by atoms with Crippen molar-refractivity contribution in [2.45, 2.75) is 11.8 Å². The minimum Gasteiger partial charge on any atom is -0.288 e. The highest BCUT2D eigenvalue weighted by Gasteiger charge is 2.21.